The van der Waals surface area contributed by atoms with Gasteiger partial charge in [0.05, 0.1) is 10.5 Å². The quantitative estimate of drug-likeness (QED) is 0.564. The summed E-state index contributed by atoms with van der Waals surface area (Å²) in [5.74, 6) is -1.55. The topological polar surface area (TPSA) is 69.7 Å². The first-order valence-corrected chi connectivity index (χ1v) is 12.3. The van der Waals surface area contributed by atoms with E-state index in [2.05, 4.69) is 10.2 Å². The predicted molar refractivity (Wildman–Crippen MR) is 126 cm³/mol. The van der Waals surface area contributed by atoms with Crippen LogP contribution in [0.4, 0.5) is 10.1 Å². The third-order valence-corrected chi connectivity index (χ3v) is 7.61. The van der Waals surface area contributed by atoms with Crippen LogP contribution in [0.5, 0.6) is 0 Å². The van der Waals surface area contributed by atoms with E-state index in [9.17, 15) is 17.6 Å². The molecule has 3 aromatic rings. The lowest BCUT2D eigenvalue weighted by Crippen LogP contribution is -2.48. The molecule has 172 valence electrons. The van der Waals surface area contributed by atoms with Gasteiger partial charge in [-0.3, -0.25) is 9.69 Å². The highest BCUT2D eigenvalue weighted by Gasteiger charge is 2.29. The highest BCUT2D eigenvalue weighted by atomic mass is 35.5. The van der Waals surface area contributed by atoms with Crippen LogP contribution in [-0.4, -0.2) is 49.7 Å². The number of hydrogen-bond acceptors (Lipinski definition) is 4. The number of nitrogens with zero attached hydrogens (tertiary/aromatic N) is 2. The second-order valence-electron chi connectivity index (χ2n) is 7.77. The van der Waals surface area contributed by atoms with Gasteiger partial charge in [0.2, 0.25) is 10.0 Å². The number of sulfonamides is 1. The summed E-state index contributed by atoms with van der Waals surface area (Å²) >= 11 is 5.92. The van der Waals surface area contributed by atoms with Crippen molar-refractivity contribution in [2.75, 3.05) is 31.5 Å². The zero-order chi connectivity index (χ0) is 23.4. The molecule has 33 heavy (non-hydrogen) atoms. The minimum atomic E-state index is -3.87. The normalized spacial score (nSPS) is 15.3. The molecule has 0 spiro atoms. The number of carbonyl (C=O) groups excluding carboxylic acids is 1. The molecule has 9 heteroatoms. The molecule has 0 atom stereocenters. The van der Waals surface area contributed by atoms with Gasteiger partial charge in [-0.05, 0) is 42.0 Å². The lowest BCUT2D eigenvalue weighted by atomic mass is 10.2. The van der Waals surface area contributed by atoms with Crippen LogP contribution in [0, 0.1) is 5.82 Å². The van der Waals surface area contributed by atoms with Crippen molar-refractivity contribution >= 4 is 33.2 Å². The molecule has 0 unspecified atom stereocenters. The van der Waals surface area contributed by atoms with Crippen LogP contribution in [-0.2, 0) is 16.6 Å². The van der Waals surface area contributed by atoms with Gasteiger partial charge in [0.1, 0.15) is 5.82 Å². The van der Waals surface area contributed by atoms with Gasteiger partial charge >= 0.3 is 0 Å². The van der Waals surface area contributed by atoms with E-state index in [1.165, 1.54) is 22.0 Å². The van der Waals surface area contributed by atoms with E-state index >= 15 is 0 Å². The van der Waals surface area contributed by atoms with Crippen molar-refractivity contribution in [3.05, 3.63) is 94.8 Å². The molecular formula is C24H23ClFN3O3S. The number of hydrogen-bond donors (Lipinski definition) is 1. The maximum atomic E-state index is 14.4. The maximum absolute atomic E-state index is 14.4. The second kappa shape index (κ2) is 10.0. The van der Waals surface area contributed by atoms with E-state index in [0.717, 1.165) is 18.7 Å². The molecule has 0 radical (unpaired) electrons. The molecular weight excluding hydrogens is 465 g/mol. The van der Waals surface area contributed by atoms with Crippen LogP contribution in [0.3, 0.4) is 0 Å². The van der Waals surface area contributed by atoms with E-state index in [1.807, 2.05) is 30.3 Å². The average Bonchev–Trinajstić information content (AvgIpc) is 2.80. The van der Waals surface area contributed by atoms with E-state index in [1.54, 1.807) is 18.2 Å². The molecule has 3 aromatic carbocycles. The van der Waals surface area contributed by atoms with E-state index < -0.39 is 21.7 Å². The van der Waals surface area contributed by atoms with Crippen molar-refractivity contribution in [1.29, 1.82) is 0 Å². The minimum absolute atomic E-state index is 0.114. The Morgan fingerprint density at radius 1 is 0.939 bits per heavy atom. The molecule has 1 aliphatic heterocycles. The second-order valence-corrected chi connectivity index (χ2v) is 10.1. The van der Waals surface area contributed by atoms with Gasteiger partial charge < -0.3 is 5.32 Å². The van der Waals surface area contributed by atoms with Crippen molar-refractivity contribution in [1.82, 2.24) is 9.21 Å². The van der Waals surface area contributed by atoms with Gasteiger partial charge in [0, 0.05) is 43.4 Å². The highest BCUT2D eigenvalue weighted by molar-refractivity contribution is 7.89. The molecule has 0 saturated carbocycles. The number of nitrogens with one attached hydrogen (secondary N) is 1. The number of piperazine rings is 1. The third-order valence-electron chi connectivity index (χ3n) is 5.48. The first-order valence-electron chi connectivity index (χ1n) is 10.5. The Bertz CT molecular complexity index is 1250. The monoisotopic (exact) mass is 487 g/mol. The van der Waals surface area contributed by atoms with Crippen molar-refractivity contribution in [3.8, 4) is 0 Å². The van der Waals surface area contributed by atoms with Crippen molar-refractivity contribution in [2.45, 2.75) is 11.4 Å². The van der Waals surface area contributed by atoms with Gasteiger partial charge in [-0.15, -0.1) is 0 Å². The zero-order valence-electron chi connectivity index (χ0n) is 17.7. The fourth-order valence-electron chi connectivity index (χ4n) is 3.72. The first-order chi connectivity index (χ1) is 15.8. The number of rotatable bonds is 6. The molecule has 0 aliphatic carbocycles. The van der Waals surface area contributed by atoms with Crippen LogP contribution in [0.1, 0.15) is 15.9 Å². The van der Waals surface area contributed by atoms with Crippen LogP contribution in [0.15, 0.2) is 77.7 Å². The average molecular weight is 488 g/mol. The number of carbonyl (C=O) groups is 1. The summed E-state index contributed by atoms with van der Waals surface area (Å²) in [4.78, 5) is 14.7. The Hall–Kier alpha value is -2.78. The maximum Gasteiger partial charge on any atom is 0.258 e. The Balaban J connectivity index is 1.46. The number of halogens is 2. The SMILES string of the molecule is O=C(Nc1cccc(Cl)c1)c1cc(S(=O)(=O)N2CCN(Cc3ccccc3)CC2)ccc1F. The molecule has 1 heterocycles. The van der Waals surface area contributed by atoms with Crippen LogP contribution < -0.4 is 5.32 Å². The third kappa shape index (κ3) is 5.59. The zero-order valence-corrected chi connectivity index (χ0v) is 19.3. The minimum Gasteiger partial charge on any atom is -0.322 e. The van der Waals surface area contributed by atoms with Crippen LogP contribution >= 0.6 is 11.6 Å². The molecule has 6 nitrogen and oxygen atoms in total. The molecule has 1 fully saturated rings. The Morgan fingerprint density at radius 2 is 1.67 bits per heavy atom. The van der Waals surface area contributed by atoms with E-state index in [4.69, 9.17) is 11.6 Å². The van der Waals surface area contributed by atoms with Gasteiger partial charge in [0.15, 0.2) is 0 Å². The van der Waals surface area contributed by atoms with Crippen LogP contribution in [0.2, 0.25) is 5.02 Å². The first kappa shape index (κ1) is 23.4. The lowest BCUT2D eigenvalue weighted by molar-refractivity contribution is 0.102. The van der Waals surface area contributed by atoms with E-state index in [0.29, 0.717) is 36.9 Å². The van der Waals surface area contributed by atoms with E-state index in [-0.39, 0.29) is 10.5 Å². The Labute approximate surface area is 197 Å². The standard InChI is InChI=1S/C24H23ClFN3O3S/c25-19-7-4-8-20(15-19)27-24(30)22-16-21(9-10-23(22)26)33(31,32)29-13-11-28(12-14-29)17-18-5-2-1-3-6-18/h1-10,15-16H,11-14,17H2,(H,27,30). The summed E-state index contributed by atoms with van der Waals surface area (Å²) in [7, 11) is -3.87. The Morgan fingerprint density at radius 3 is 2.36 bits per heavy atom. The molecule has 1 amide bonds. The van der Waals surface area contributed by atoms with Crippen molar-refractivity contribution < 1.29 is 17.6 Å². The number of anilines is 1. The molecule has 0 aromatic heterocycles. The van der Waals surface area contributed by atoms with Crippen molar-refractivity contribution in [3.63, 3.8) is 0 Å². The number of amides is 1. The van der Waals surface area contributed by atoms with Gasteiger partial charge in [-0.25, -0.2) is 12.8 Å². The summed E-state index contributed by atoms with van der Waals surface area (Å²) in [5.41, 5.74) is 1.20. The molecule has 1 aliphatic rings. The van der Waals surface area contributed by atoms with Gasteiger partial charge in [-0.1, -0.05) is 48.0 Å². The van der Waals surface area contributed by atoms with Gasteiger partial charge in [0.25, 0.3) is 5.91 Å². The van der Waals surface area contributed by atoms with Crippen LogP contribution in [0.25, 0.3) is 0 Å². The predicted octanol–water partition coefficient (Wildman–Crippen LogP) is 4.24. The summed E-state index contributed by atoms with van der Waals surface area (Å²) in [6.07, 6.45) is 0. The molecule has 1 saturated heterocycles. The summed E-state index contributed by atoms with van der Waals surface area (Å²) in [6, 6.07) is 19.7. The largest absolute Gasteiger partial charge is 0.322 e. The summed E-state index contributed by atoms with van der Waals surface area (Å²) in [5, 5.41) is 2.96. The number of benzene rings is 3. The summed E-state index contributed by atoms with van der Waals surface area (Å²) in [6.45, 7) is 2.54. The van der Waals surface area contributed by atoms with Crippen molar-refractivity contribution in [2.24, 2.45) is 0 Å². The fourth-order valence-corrected chi connectivity index (χ4v) is 5.36. The highest BCUT2D eigenvalue weighted by Crippen LogP contribution is 2.23. The van der Waals surface area contributed by atoms with Gasteiger partial charge in [-0.2, -0.15) is 4.31 Å². The molecule has 0 bridgehead atoms. The Kier molecular flexibility index (Phi) is 7.09. The fraction of sp³-hybridized carbons (Fsp3) is 0.208. The smallest absolute Gasteiger partial charge is 0.258 e. The lowest BCUT2D eigenvalue weighted by Gasteiger charge is -2.34. The molecule has 1 N–H and O–H groups in total. The summed E-state index contributed by atoms with van der Waals surface area (Å²) < 4.78 is 42.1. The molecule has 4 rings (SSSR count).